The van der Waals surface area contributed by atoms with E-state index in [0.717, 1.165) is 37.1 Å². The van der Waals surface area contributed by atoms with Crippen LogP contribution in [0.15, 0.2) is 18.2 Å². The first-order valence-corrected chi connectivity index (χ1v) is 8.22. The van der Waals surface area contributed by atoms with Crippen LogP contribution in [0.5, 0.6) is 0 Å². The van der Waals surface area contributed by atoms with E-state index in [4.69, 9.17) is 0 Å². The van der Waals surface area contributed by atoms with Gasteiger partial charge in [0.2, 0.25) is 5.13 Å². The zero-order chi connectivity index (χ0) is 16.5. The van der Waals surface area contributed by atoms with Crippen LogP contribution in [-0.2, 0) is 6.42 Å². The molecule has 1 unspecified atom stereocenters. The van der Waals surface area contributed by atoms with Crippen LogP contribution in [0.25, 0.3) is 11.4 Å². The maximum absolute atomic E-state index is 13.3. The number of aromatic nitrogens is 6. The number of anilines is 1. The second kappa shape index (κ2) is 6.19. The molecule has 0 bridgehead atoms. The lowest BCUT2D eigenvalue weighted by Gasteiger charge is -2.13. The Morgan fingerprint density at radius 3 is 2.83 bits per heavy atom. The van der Waals surface area contributed by atoms with E-state index in [1.807, 2.05) is 0 Å². The van der Waals surface area contributed by atoms with Crippen molar-refractivity contribution in [3.05, 3.63) is 35.7 Å². The van der Waals surface area contributed by atoms with Gasteiger partial charge in [-0.25, -0.2) is 8.78 Å². The lowest BCUT2D eigenvalue weighted by atomic mass is 10.1. The molecule has 0 aliphatic carbocycles. The van der Waals surface area contributed by atoms with Crippen molar-refractivity contribution in [2.24, 2.45) is 5.92 Å². The van der Waals surface area contributed by atoms with Crippen LogP contribution in [0.1, 0.15) is 12.2 Å². The SMILES string of the molecule is Fc1cc(F)cc(-c2nsc(N3CCC(Cc4nn[nH]n4)C3)n2)c1. The smallest absolute Gasteiger partial charge is 0.205 e. The van der Waals surface area contributed by atoms with Crippen LogP contribution in [0.4, 0.5) is 13.9 Å². The van der Waals surface area contributed by atoms with Crippen LogP contribution in [0, 0.1) is 17.6 Å². The summed E-state index contributed by atoms with van der Waals surface area (Å²) in [5, 5.41) is 14.7. The standard InChI is InChI=1S/C14H13F2N7S/c15-10-4-9(5-11(16)6-10)13-17-14(24-20-13)23-2-1-8(7-23)3-12-18-21-22-19-12/h4-6,8H,1-3,7H2,(H,18,19,21,22). The van der Waals surface area contributed by atoms with Crippen molar-refractivity contribution in [3.63, 3.8) is 0 Å². The maximum Gasteiger partial charge on any atom is 0.205 e. The van der Waals surface area contributed by atoms with Gasteiger partial charge in [0.15, 0.2) is 11.6 Å². The first kappa shape index (κ1) is 15.1. The van der Waals surface area contributed by atoms with Crippen molar-refractivity contribution in [1.82, 2.24) is 30.0 Å². The van der Waals surface area contributed by atoms with Gasteiger partial charge in [-0.2, -0.15) is 14.6 Å². The molecule has 10 heteroatoms. The molecule has 124 valence electrons. The van der Waals surface area contributed by atoms with E-state index in [1.165, 1.54) is 23.7 Å². The average Bonchev–Trinajstić information content (AvgIpc) is 3.28. The Balaban J connectivity index is 1.47. The molecule has 3 heterocycles. The minimum absolute atomic E-state index is 0.343. The van der Waals surface area contributed by atoms with Gasteiger partial charge in [-0.3, -0.25) is 0 Å². The Kier molecular flexibility index (Phi) is 3.89. The topological polar surface area (TPSA) is 83.5 Å². The van der Waals surface area contributed by atoms with Crippen molar-refractivity contribution in [3.8, 4) is 11.4 Å². The molecule has 0 saturated carbocycles. The second-order valence-corrected chi connectivity index (χ2v) is 6.42. The summed E-state index contributed by atoms with van der Waals surface area (Å²) in [4.78, 5) is 6.55. The molecule has 0 amide bonds. The van der Waals surface area contributed by atoms with Crippen LogP contribution in [-0.4, -0.2) is 43.1 Å². The number of nitrogens with zero attached hydrogens (tertiary/aromatic N) is 6. The number of halogens is 2. The Morgan fingerprint density at radius 2 is 2.08 bits per heavy atom. The summed E-state index contributed by atoms with van der Waals surface area (Å²) in [6, 6.07) is 3.30. The van der Waals surface area contributed by atoms with Crippen molar-refractivity contribution in [1.29, 1.82) is 0 Å². The maximum atomic E-state index is 13.3. The molecule has 3 aromatic rings. The Bertz CT molecular complexity index is 815. The number of rotatable bonds is 4. The van der Waals surface area contributed by atoms with Gasteiger partial charge >= 0.3 is 0 Å². The van der Waals surface area contributed by atoms with Gasteiger partial charge in [0.25, 0.3) is 0 Å². The van der Waals surface area contributed by atoms with E-state index < -0.39 is 11.6 Å². The van der Waals surface area contributed by atoms with Gasteiger partial charge in [-0.1, -0.05) is 5.21 Å². The molecule has 0 radical (unpaired) electrons. The van der Waals surface area contributed by atoms with Crippen LogP contribution >= 0.6 is 11.5 Å². The predicted octanol–water partition coefficient (Wildman–Crippen LogP) is 2.07. The highest BCUT2D eigenvalue weighted by Crippen LogP contribution is 2.29. The molecule has 1 aliphatic rings. The Morgan fingerprint density at radius 1 is 1.25 bits per heavy atom. The first-order chi connectivity index (χ1) is 11.7. The summed E-state index contributed by atoms with van der Waals surface area (Å²) in [5.74, 6) is 0.192. The van der Waals surface area contributed by atoms with Gasteiger partial charge in [-0.15, -0.1) is 10.2 Å². The molecular weight excluding hydrogens is 336 g/mol. The lowest BCUT2D eigenvalue weighted by Crippen LogP contribution is -2.20. The largest absolute Gasteiger partial charge is 0.347 e. The first-order valence-electron chi connectivity index (χ1n) is 7.45. The molecule has 1 atom stereocenters. The molecule has 4 rings (SSSR count). The van der Waals surface area contributed by atoms with Gasteiger partial charge in [0.1, 0.15) is 11.6 Å². The molecule has 7 nitrogen and oxygen atoms in total. The predicted molar refractivity (Wildman–Crippen MR) is 83.5 cm³/mol. The number of benzene rings is 1. The highest BCUT2D eigenvalue weighted by atomic mass is 32.1. The van der Waals surface area contributed by atoms with Gasteiger partial charge in [0, 0.05) is 42.7 Å². The lowest BCUT2D eigenvalue weighted by molar-refractivity contribution is 0.567. The molecule has 1 aromatic carbocycles. The van der Waals surface area contributed by atoms with Crippen LogP contribution in [0.2, 0.25) is 0 Å². The van der Waals surface area contributed by atoms with Crippen molar-refractivity contribution < 1.29 is 8.78 Å². The summed E-state index contributed by atoms with van der Waals surface area (Å²) >= 11 is 1.23. The number of hydrogen-bond acceptors (Lipinski definition) is 7. The summed E-state index contributed by atoms with van der Waals surface area (Å²) in [6.07, 6.45) is 1.76. The quantitative estimate of drug-likeness (QED) is 0.776. The fourth-order valence-electron chi connectivity index (χ4n) is 2.84. The van der Waals surface area contributed by atoms with E-state index in [0.29, 0.717) is 23.1 Å². The molecule has 2 aromatic heterocycles. The summed E-state index contributed by atoms with van der Waals surface area (Å²) in [6.45, 7) is 1.68. The second-order valence-electron chi connectivity index (χ2n) is 5.69. The third kappa shape index (κ3) is 3.09. The van der Waals surface area contributed by atoms with Crippen molar-refractivity contribution in [2.45, 2.75) is 12.8 Å². The molecule has 1 aliphatic heterocycles. The minimum atomic E-state index is -0.636. The summed E-state index contributed by atoms with van der Waals surface area (Å²) < 4.78 is 30.9. The van der Waals surface area contributed by atoms with Gasteiger partial charge < -0.3 is 4.90 Å². The third-order valence-corrected chi connectivity index (χ3v) is 4.73. The van der Waals surface area contributed by atoms with Crippen molar-refractivity contribution in [2.75, 3.05) is 18.0 Å². The number of aromatic amines is 1. The number of nitrogens with one attached hydrogen (secondary N) is 1. The zero-order valence-corrected chi connectivity index (χ0v) is 13.3. The number of H-pyrrole nitrogens is 1. The van der Waals surface area contributed by atoms with E-state index >= 15 is 0 Å². The zero-order valence-electron chi connectivity index (χ0n) is 12.5. The summed E-state index contributed by atoms with van der Waals surface area (Å²) in [5.41, 5.74) is 0.345. The van der Waals surface area contributed by atoms with Gasteiger partial charge in [0.05, 0.1) is 0 Å². The van der Waals surface area contributed by atoms with E-state index in [1.54, 1.807) is 0 Å². The highest BCUT2D eigenvalue weighted by Gasteiger charge is 2.26. The Hall–Kier alpha value is -2.49. The minimum Gasteiger partial charge on any atom is -0.347 e. The van der Waals surface area contributed by atoms with E-state index in [2.05, 4.69) is 34.9 Å². The molecule has 1 fully saturated rings. The van der Waals surface area contributed by atoms with E-state index in [-0.39, 0.29) is 0 Å². The van der Waals surface area contributed by atoms with Gasteiger partial charge in [-0.05, 0) is 24.5 Å². The monoisotopic (exact) mass is 349 g/mol. The molecule has 1 N–H and O–H groups in total. The third-order valence-electron chi connectivity index (χ3n) is 3.95. The fourth-order valence-corrected chi connectivity index (χ4v) is 3.57. The number of hydrogen-bond donors (Lipinski definition) is 1. The molecule has 1 saturated heterocycles. The summed E-state index contributed by atoms with van der Waals surface area (Å²) in [7, 11) is 0. The molecule has 0 spiro atoms. The fraction of sp³-hybridized carbons (Fsp3) is 0.357. The molecule has 24 heavy (non-hydrogen) atoms. The normalized spacial score (nSPS) is 17.6. The Labute approximate surface area is 139 Å². The molecular formula is C14H13F2N7S. The van der Waals surface area contributed by atoms with Crippen LogP contribution < -0.4 is 4.90 Å². The van der Waals surface area contributed by atoms with Crippen LogP contribution in [0.3, 0.4) is 0 Å². The average molecular weight is 349 g/mol. The van der Waals surface area contributed by atoms with Crippen molar-refractivity contribution >= 4 is 16.7 Å². The van der Waals surface area contributed by atoms with E-state index in [9.17, 15) is 8.78 Å². The number of tetrazole rings is 1. The highest BCUT2D eigenvalue weighted by molar-refractivity contribution is 7.09.